The first-order valence-electron chi connectivity index (χ1n) is 14.2. The van der Waals surface area contributed by atoms with Crippen LogP contribution >= 0.6 is 0 Å². The number of aromatic nitrogens is 1. The van der Waals surface area contributed by atoms with E-state index in [0.29, 0.717) is 17.9 Å². The first-order valence-corrected chi connectivity index (χ1v) is 14.2. The summed E-state index contributed by atoms with van der Waals surface area (Å²) in [5.41, 5.74) is 4.57. The monoisotopic (exact) mass is 468 g/mol. The Kier molecular flexibility index (Phi) is 5.26. The number of hydrogen-bond acceptors (Lipinski definition) is 3. The number of ether oxygens (including phenoxy) is 1. The zero-order valence-corrected chi connectivity index (χ0v) is 21.5. The lowest BCUT2D eigenvalue weighted by Crippen LogP contribution is -2.51. The maximum absolute atomic E-state index is 7.39. The zero-order chi connectivity index (χ0) is 23.6. The van der Waals surface area contributed by atoms with Crippen LogP contribution < -0.4 is 0 Å². The smallest absolute Gasteiger partial charge is 0.0966 e. The molecule has 1 saturated heterocycles. The van der Waals surface area contributed by atoms with E-state index in [4.69, 9.17) is 4.74 Å². The maximum Gasteiger partial charge on any atom is 0.0966 e. The van der Waals surface area contributed by atoms with Gasteiger partial charge >= 0.3 is 0 Å². The number of benzene rings is 1. The molecule has 5 atom stereocenters. The van der Waals surface area contributed by atoms with E-state index in [1.54, 1.807) is 5.57 Å². The summed E-state index contributed by atoms with van der Waals surface area (Å²) >= 11 is 0. The molecule has 0 amide bonds. The van der Waals surface area contributed by atoms with E-state index in [2.05, 4.69) is 60.3 Å². The quantitative estimate of drug-likeness (QED) is 0.471. The second-order valence-electron chi connectivity index (χ2n) is 12.3. The van der Waals surface area contributed by atoms with Gasteiger partial charge in [-0.05, 0) is 124 Å². The molecule has 35 heavy (non-hydrogen) atoms. The van der Waals surface area contributed by atoms with Gasteiger partial charge in [0.2, 0.25) is 0 Å². The van der Waals surface area contributed by atoms with Crippen LogP contribution in [-0.2, 0) is 4.74 Å². The van der Waals surface area contributed by atoms with Crippen molar-refractivity contribution in [3.8, 4) is 0 Å². The Bertz CT molecular complexity index is 1200. The molecule has 184 valence electrons. The summed E-state index contributed by atoms with van der Waals surface area (Å²) in [4.78, 5) is 7.06. The van der Waals surface area contributed by atoms with Crippen molar-refractivity contribution in [2.75, 3.05) is 7.05 Å². The fourth-order valence-electron chi connectivity index (χ4n) is 8.04. The molecule has 3 heterocycles. The lowest BCUT2D eigenvalue weighted by molar-refractivity contribution is -0.116. The Balaban J connectivity index is 1.16. The number of pyridine rings is 1. The molecular formula is C32H40N2O. The van der Waals surface area contributed by atoms with Crippen LogP contribution in [0.2, 0.25) is 0 Å². The molecule has 0 radical (unpaired) electrons. The van der Waals surface area contributed by atoms with Gasteiger partial charge in [-0.2, -0.15) is 0 Å². The van der Waals surface area contributed by atoms with Crippen molar-refractivity contribution >= 4 is 10.8 Å². The summed E-state index contributed by atoms with van der Waals surface area (Å²) in [6.45, 7) is 2.48. The fourth-order valence-corrected chi connectivity index (χ4v) is 8.04. The van der Waals surface area contributed by atoms with Gasteiger partial charge < -0.3 is 9.64 Å². The van der Waals surface area contributed by atoms with Gasteiger partial charge in [-0.3, -0.25) is 4.98 Å². The number of fused-ring (bicyclic) bond motifs is 1. The van der Waals surface area contributed by atoms with Crippen LogP contribution in [0.5, 0.6) is 0 Å². The predicted molar refractivity (Wildman–Crippen MR) is 142 cm³/mol. The molecule has 3 heteroatoms. The highest BCUT2D eigenvalue weighted by molar-refractivity contribution is 5.82. The highest BCUT2D eigenvalue weighted by Gasteiger charge is 2.59. The third-order valence-electron chi connectivity index (χ3n) is 10.5. The van der Waals surface area contributed by atoms with Crippen molar-refractivity contribution in [2.24, 2.45) is 5.92 Å². The number of rotatable bonds is 3. The molecule has 2 aliphatic heterocycles. The van der Waals surface area contributed by atoms with Gasteiger partial charge in [0.15, 0.2) is 0 Å². The van der Waals surface area contributed by atoms with Crippen LogP contribution in [0, 0.1) is 5.92 Å². The Morgan fingerprint density at radius 2 is 1.89 bits per heavy atom. The van der Waals surface area contributed by atoms with E-state index in [1.807, 2.05) is 12.4 Å². The molecule has 5 aliphatic rings. The van der Waals surface area contributed by atoms with Crippen LogP contribution in [0.4, 0.5) is 0 Å². The Labute approximate surface area is 210 Å². The standard InChI is InChI=1S/C32H40N2O/c1-22-6-7-23(25-9-8-24-14-17-33-21-26(24)18-25)4-3-5-28-19-27-10-11-30(34(2)29-12-13-29)20-31(27)15-16-32(22,28)35-31/h5,8-9,14,17-19,21-23,29-30H,3-4,6-7,10-13,15-16,20H2,1-2H3. The van der Waals surface area contributed by atoms with Gasteiger partial charge in [0.05, 0.1) is 11.2 Å². The number of nitrogens with zero attached hydrogens (tertiary/aromatic N) is 2. The van der Waals surface area contributed by atoms with Gasteiger partial charge in [-0.1, -0.05) is 31.2 Å². The van der Waals surface area contributed by atoms with Crippen LogP contribution in [0.15, 0.2) is 60.0 Å². The van der Waals surface area contributed by atoms with Crippen molar-refractivity contribution < 1.29 is 4.74 Å². The average Bonchev–Trinajstić information content (AvgIpc) is 3.68. The highest BCUT2D eigenvalue weighted by Crippen LogP contribution is 2.59. The SMILES string of the molecule is CC1CCC(c2ccc3ccncc3c2)CCC=C2C=C3CCC(N(C)C4CC4)CC34CCC21O4. The summed E-state index contributed by atoms with van der Waals surface area (Å²) in [6.07, 6.45) is 22.9. The van der Waals surface area contributed by atoms with E-state index in [9.17, 15) is 0 Å². The molecule has 1 aromatic carbocycles. The average molecular weight is 469 g/mol. The van der Waals surface area contributed by atoms with E-state index in [-0.39, 0.29) is 11.2 Å². The Morgan fingerprint density at radius 3 is 2.77 bits per heavy atom. The van der Waals surface area contributed by atoms with Gasteiger partial charge in [-0.15, -0.1) is 0 Å². The number of allylic oxidation sites excluding steroid dienone is 1. The van der Waals surface area contributed by atoms with Crippen molar-refractivity contribution in [2.45, 2.75) is 107 Å². The van der Waals surface area contributed by atoms with Crippen molar-refractivity contribution in [1.82, 2.24) is 9.88 Å². The zero-order valence-electron chi connectivity index (χ0n) is 21.5. The van der Waals surface area contributed by atoms with Crippen molar-refractivity contribution in [3.63, 3.8) is 0 Å². The molecule has 5 unspecified atom stereocenters. The summed E-state index contributed by atoms with van der Waals surface area (Å²) in [5, 5.41) is 2.56. The van der Waals surface area contributed by atoms with Crippen LogP contribution in [0.3, 0.4) is 0 Å². The maximum atomic E-state index is 7.39. The first-order chi connectivity index (χ1) is 17.1. The van der Waals surface area contributed by atoms with Crippen LogP contribution in [-0.4, -0.2) is 40.2 Å². The summed E-state index contributed by atoms with van der Waals surface area (Å²) in [5.74, 6) is 1.16. The van der Waals surface area contributed by atoms with E-state index >= 15 is 0 Å². The minimum absolute atomic E-state index is 0.0104. The molecule has 2 bridgehead atoms. The Morgan fingerprint density at radius 1 is 0.971 bits per heavy atom. The molecule has 3 aliphatic carbocycles. The molecule has 0 N–H and O–H groups in total. The lowest BCUT2D eigenvalue weighted by Gasteiger charge is -2.49. The van der Waals surface area contributed by atoms with Gasteiger partial charge in [-0.25, -0.2) is 0 Å². The highest BCUT2D eigenvalue weighted by atomic mass is 16.5. The van der Waals surface area contributed by atoms with Gasteiger partial charge in [0.25, 0.3) is 0 Å². The molecule has 1 aromatic heterocycles. The van der Waals surface area contributed by atoms with Crippen molar-refractivity contribution in [1.29, 1.82) is 0 Å². The summed E-state index contributed by atoms with van der Waals surface area (Å²) in [6, 6.07) is 10.7. The molecule has 3 nitrogen and oxygen atoms in total. The molecule has 7 rings (SSSR count). The molecule has 2 saturated carbocycles. The van der Waals surface area contributed by atoms with Crippen molar-refractivity contribution in [3.05, 3.63) is 65.5 Å². The molecule has 2 spiro atoms. The Hall–Kier alpha value is -1.97. The molecule has 3 fully saturated rings. The van der Waals surface area contributed by atoms with E-state index in [0.717, 1.165) is 12.5 Å². The van der Waals surface area contributed by atoms with Gasteiger partial charge in [0.1, 0.15) is 0 Å². The third kappa shape index (κ3) is 3.64. The second kappa shape index (κ2) is 8.28. The van der Waals surface area contributed by atoms with Gasteiger partial charge in [0, 0.05) is 29.9 Å². The van der Waals surface area contributed by atoms with E-state index in [1.165, 1.54) is 86.1 Å². The second-order valence-corrected chi connectivity index (χ2v) is 12.3. The predicted octanol–water partition coefficient (Wildman–Crippen LogP) is 7.33. The third-order valence-corrected chi connectivity index (χ3v) is 10.5. The topological polar surface area (TPSA) is 25.4 Å². The van der Waals surface area contributed by atoms with Crippen LogP contribution in [0.1, 0.15) is 89.0 Å². The van der Waals surface area contributed by atoms with E-state index < -0.39 is 0 Å². The number of hydrogen-bond donors (Lipinski definition) is 0. The first kappa shape index (κ1) is 22.2. The molecular weight excluding hydrogens is 428 g/mol. The largest absolute Gasteiger partial charge is 0.359 e. The fraction of sp³-hybridized carbons (Fsp3) is 0.594. The summed E-state index contributed by atoms with van der Waals surface area (Å²) < 4.78 is 7.39. The lowest BCUT2D eigenvalue weighted by atomic mass is 9.74. The molecule has 2 aromatic rings. The summed E-state index contributed by atoms with van der Waals surface area (Å²) in [7, 11) is 2.37. The minimum Gasteiger partial charge on any atom is -0.359 e. The van der Waals surface area contributed by atoms with Crippen LogP contribution in [0.25, 0.3) is 10.8 Å². The normalized spacial score (nSPS) is 37.1. The minimum atomic E-state index is -0.0638.